The first-order chi connectivity index (χ1) is 9.72. The molecule has 2 aromatic rings. The first-order valence-corrected chi connectivity index (χ1v) is 6.28. The summed E-state index contributed by atoms with van der Waals surface area (Å²) < 4.78 is 9.77. The second kappa shape index (κ2) is 8.17. The highest BCUT2D eigenvalue weighted by molar-refractivity contribution is 5.89. The van der Waals surface area contributed by atoms with Gasteiger partial charge in [-0.15, -0.1) is 12.4 Å². The number of rotatable bonds is 5. The second-order valence-electron chi connectivity index (χ2n) is 4.27. The Morgan fingerprint density at radius 2 is 1.62 bits per heavy atom. The zero-order valence-corrected chi connectivity index (χ0v) is 12.8. The van der Waals surface area contributed by atoms with Crippen LogP contribution in [0.25, 0.3) is 0 Å². The number of halogens is 1. The van der Waals surface area contributed by atoms with Crippen LogP contribution in [-0.4, -0.2) is 20.2 Å². The van der Waals surface area contributed by atoms with Crippen molar-refractivity contribution in [2.45, 2.75) is 6.54 Å². The van der Waals surface area contributed by atoms with Gasteiger partial charge in [0.2, 0.25) is 0 Å². The van der Waals surface area contributed by atoms with Crippen LogP contribution in [0.15, 0.2) is 48.5 Å². The zero-order chi connectivity index (χ0) is 14.4. The first kappa shape index (κ1) is 16.9. The lowest BCUT2D eigenvalue weighted by molar-refractivity contribution is 0.0600. The van der Waals surface area contributed by atoms with E-state index < -0.39 is 0 Å². The molecule has 0 aliphatic heterocycles. The molecule has 0 unspecified atom stereocenters. The fraction of sp³-hybridized carbons (Fsp3) is 0.188. The SMILES string of the molecule is COC(=O)c1ccc(CNc2ccc(OC)cc2)cc1.Cl. The van der Waals surface area contributed by atoms with E-state index in [9.17, 15) is 4.79 Å². The molecule has 0 aliphatic rings. The van der Waals surface area contributed by atoms with Gasteiger partial charge in [-0.05, 0) is 42.0 Å². The van der Waals surface area contributed by atoms with Crippen LogP contribution >= 0.6 is 12.4 Å². The lowest BCUT2D eigenvalue weighted by Crippen LogP contribution is -2.03. The van der Waals surface area contributed by atoms with E-state index in [2.05, 4.69) is 10.1 Å². The summed E-state index contributed by atoms with van der Waals surface area (Å²) >= 11 is 0. The van der Waals surface area contributed by atoms with Gasteiger partial charge in [0.1, 0.15) is 5.75 Å². The quantitative estimate of drug-likeness (QED) is 0.859. The number of carbonyl (C=O) groups is 1. The summed E-state index contributed by atoms with van der Waals surface area (Å²) in [5.74, 6) is 0.512. The fourth-order valence-electron chi connectivity index (χ4n) is 1.79. The average molecular weight is 308 g/mol. The normalized spacial score (nSPS) is 9.43. The minimum atomic E-state index is -0.320. The first-order valence-electron chi connectivity index (χ1n) is 6.28. The van der Waals surface area contributed by atoms with Crippen molar-refractivity contribution in [3.8, 4) is 5.75 Å². The third kappa shape index (κ3) is 4.68. The van der Waals surface area contributed by atoms with Gasteiger partial charge in [-0.1, -0.05) is 12.1 Å². The molecular formula is C16H18ClNO3. The molecule has 0 bridgehead atoms. The molecule has 0 saturated carbocycles. The monoisotopic (exact) mass is 307 g/mol. The van der Waals surface area contributed by atoms with Crippen LogP contribution in [0.2, 0.25) is 0 Å². The Morgan fingerprint density at radius 3 is 2.14 bits per heavy atom. The van der Waals surface area contributed by atoms with Gasteiger partial charge >= 0.3 is 5.97 Å². The number of nitrogens with one attached hydrogen (secondary N) is 1. The number of hydrogen-bond donors (Lipinski definition) is 1. The van der Waals surface area contributed by atoms with Gasteiger partial charge in [0.05, 0.1) is 19.8 Å². The number of ether oxygens (including phenoxy) is 2. The largest absolute Gasteiger partial charge is 0.497 e. The Morgan fingerprint density at radius 1 is 1.00 bits per heavy atom. The molecule has 112 valence electrons. The Kier molecular flexibility index (Phi) is 6.56. The highest BCUT2D eigenvalue weighted by Crippen LogP contribution is 2.16. The minimum absolute atomic E-state index is 0. The number of benzene rings is 2. The summed E-state index contributed by atoms with van der Waals surface area (Å²) in [5, 5.41) is 3.30. The lowest BCUT2D eigenvalue weighted by Gasteiger charge is -2.08. The molecule has 2 aromatic carbocycles. The van der Waals surface area contributed by atoms with Crippen molar-refractivity contribution in [1.82, 2.24) is 0 Å². The molecule has 21 heavy (non-hydrogen) atoms. The molecule has 0 spiro atoms. The molecule has 0 radical (unpaired) electrons. The molecule has 0 aliphatic carbocycles. The van der Waals surface area contributed by atoms with Crippen LogP contribution in [0.5, 0.6) is 5.75 Å². The molecule has 0 aromatic heterocycles. The third-order valence-corrected chi connectivity index (χ3v) is 2.96. The van der Waals surface area contributed by atoms with E-state index in [-0.39, 0.29) is 18.4 Å². The second-order valence-corrected chi connectivity index (χ2v) is 4.27. The fourth-order valence-corrected chi connectivity index (χ4v) is 1.79. The maximum atomic E-state index is 11.3. The molecular weight excluding hydrogens is 290 g/mol. The van der Waals surface area contributed by atoms with Gasteiger partial charge in [0.25, 0.3) is 0 Å². The Labute approximate surface area is 130 Å². The van der Waals surface area contributed by atoms with Gasteiger partial charge < -0.3 is 14.8 Å². The number of anilines is 1. The van der Waals surface area contributed by atoms with E-state index in [0.29, 0.717) is 12.1 Å². The van der Waals surface area contributed by atoms with Gasteiger partial charge in [-0.2, -0.15) is 0 Å². The maximum absolute atomic E-state index is 11.3. The van der Waals surface area contributed by atoms with Crippen molar-refractivity contribution in [1.29, 1.82) is 0 Å². The standard InChI is InChI=1S/C16H17NO3.ClH/c1-19-15-9-7-14(8-10-15)17-11-12-3-5-13(6-4-12)16(18)20-2;/h3-10,17H,11H2,1-2H3;1H. The summed E-state index contributed by atoms with van der Waals surface area (Å²) in [5.41, 5.74) is 2.66. The van der Waals surface area contributed by atoms with E-state index in [1.54, 1.807) is 19.2 Å². The van der Waals surface area contributed by atoms with Crippen molar-refractivity contribution in [2.24, 2.45) is 0 Å². The van der Waals surface area contributed by atoms with Crippen LogP contribution < -0.4 is 10.1 Å². The molecule has 0 atom stereocenters. The van der Waals surface area contributed by atoms with Crippen molar-refractivity contribution >= 4 is 24.1 Å². The lowest BCUT2D eigenvalue weighted by atomic mass is 10.1. The van der Waals surface area contributed by atoms with Crippen LogP contribution in [0.3, 0.4) is 0 Å². The molecule has 1 N–H and O–H groups in total. The smallest absolute Gasteiger partial charge is 0.337 e. The molecule has 0 fully saturated rings. The molecule has 4 nitrogen and oxygen atoms in total. The molecule has 0 saturated heterocycles. The van der Waals surface area contributed by atoms with Gasteiger partial charge in [-0.3, -0.25) is 0 Å². The average Bonchev–Trinajstić information content (AvgIpc) is 2.53. The van der Waals surface area contributed by atoms with Crippen molar-refractivity contribution < 1.29 is 14.3 Å². The molecule has 2 rings (SSSR count). The zero-order valence-electron chi connectivity index (χ0n) is 12.0. The van der Waals surface area contributed by atoms with Crippen LogP contribution in [0, 0.1) is 0 Å². The van der Waals surface area contributed by atoms with Crippen molar-refractivity contribution in [3.63, 3.8) is 0 Å². The van der Waals surface area contributed by atoms with Crippen LogP contribution in [-0.2, 0) is 11.3 Å². The molecule has 0 heterocycles. The van der Waals surface area contributed by atoms with Crippen LogP contribution in [0.4, 0.5) is 5.69 Å². The summed E-state index contributed by atoms with van der Waals surface area (Å²) in [7, 11) is 3.02. The third-order valence-electron chi connectivity index (χ3n) is 2.96. The van der Waals surface area contributed by atoms with Crippen LogP contribution in [0.1, 0.15) is 15.9 Å². The summed E-state index contributed by atoms with van der Waals surface area (Å²) in [6.45, 7) is 0.688. The van der Waals surface area contributed by atoms with E-state index in [0.717, 1.165) is 17.0 Å². The molecule has 5 heteroatoms. The highest BCUT2D eigenvalue weighted by Gasteiger charge is 2.04. The van der Waals surface area contributed by atoms with E-state index in [4.69, 9.17) is 4.74 Å². The van der Waals surface area contributed by atoms with Gasteiger partial charge in [-0.25, -0.2) is 4.79 Å². The summed E-state index contributed by atoms with van der Waals surface area (Å²) in [4.78, 5) is 11.3. The van der Waals surface area contributed by atoms with Gasteiger partial charge in [0, 0.05) is 12.2 Å². The highest BCUT2D eigenvalue weighted by atomic mass is 35.5. The number of methoxy groups -OCH3 is 2. The summed E-state index contributed by atoms with van der Waals surface area (Å²) in [6.07, 6.45) is 0. The Hall–Kier alpha value is -2.20. The van der Waals surface area contributed by atoms with E-state index in [1.807, 2.05) is 36.4 Å². The number of esters is 1. The molecule has 0 amide bonds. The summed E-state index contributed by atoms with van der Waals surface area (Å²) in [6, 6.07) is 15.1. The van der Waals surface area contributed by atoms with E-state index >= 15 is 0 Å². The topological polar surface area (TPSA) is 47.6 Å². The van der Waals surface area contributed by atoms with Crippen molar-refractivity contribution in [3.05, 3.63) is 59.7 Å². The predicted octanol–water partition coefficient (Wildman–Crippen LogP) is 3.52. The Balaban J connectivity index is 0.00000220. The van der Waals surface area contributed by atoms with Crippen molar-refractivity contribution in [2.75, 3.05) is 19.5 Å². The minimum Gasteiger partial charge on any atom is -0.497 e. The Bertz CT molecular complexity index is 567. The number of hydrogen-bond acceptors (Lipinski definition) is 4. The van der Waals surface area contributed by atoms with Gasteiger partial charge in [0.15, 0.2) is 0 Å². The number of carbonyl (C=O) groups excluding carboxylic acids is 1. The van der Waals surface area contributed by atoms with E-state index in [1.165, 1.54) is 7.11 Å². The predicted molar refractivity (Wildman–Crippen MR) is 85.4 cm³/mol. The maximum Gasteiger partial charge on any atom is 0.337 e.